The summed E-state index contributed by atoms with van der Waals surface area (Å²) in [5.41, 5.74) is -0.215. The first-order valence-electron chi connectivity index (χ1n) is 6.82. The van der Waals surface area contributed by atoms with Gasteiger partial charge < -0.3 is 20.6 Å². The number of amides is 2. The van der Waals surface area contributed by atoms with Crippen LogP contribution in [0.5, 0.6) is 0 Å². The van der Waals surface area contributed by atoms with Crippen LogP contribution in [0.1, 0.15) is 32.1 Å². The zero-order valence-electron chi connectivity index (χ0n) is 11.9. The fraction of sp³-hybridized carbons (Fsp3) is 0.846. The third-order valence-corrected chi connectivity index (χ3v) is 3.63. The fourth-order valence-corrected chi connectivity index (χ4v) is 2.34. The van der Waals surface area contributed by atoms with Crippen molar-refractivity contribution in [1.29, 1.82) is 0 Å². The molecule has 1 fully saturated rings. The Morgan fingerprint density at radius 3 is 2.42 bits per heavy atom. The van der Waals surface area contributed by atoms with Crippen molar-refractivity contribution in [2.75, 3.05) is 33.7 Å². The Kier molecular flexibility index (Phi) is 6.08. The highest BCUT2D eigenvalue weighted by Gasteiger charge is 2.39. The molecule has 0 spiro atoms. The average Bonchev–Trinajstić information content (AvgIpc) is 2.27. The number of aliphatic carboxylic acids is 1. The van der Waals surface area contributed by atoms with Crippen LogP contribution in [-0.4, -0.2) is 55.7 Å². The lowest BCUT2D eigenvalue weighted by atomic mass is 9.66. The van der Waals surface area contributed by atoms with E-state index in [2.05, 4.69) is 15.5 Å². The first kappa shape index (κ1) is 15.8. The van der Waals surface area contributed by atoms with Gasteiger partial charge in [0.05, 0.1) is 6.42 Å². The standard InChI is InChI=1S/C13H25N3O3/c1-16(2)8-4-7-14-12(19)15-10-13(5-3-6-13)9-11(17)18/h3-10H2,1-2H3,(H,17,18)(H2,14,15,19). The normalized spacial score (nSPS) is 16.8. The molecule has 0 unspecified atom stereocenters. The lowest BCUT2D eigenvalue weighted by molar-refractivity contribution is -0.141. The Morgan fingerprint density at radius 2 is 1.95 bits per heavy atom. The molecule has 1 rings (SSSR count). The maximum Gasteiger partial charge on any atom is 0.314 e. The predicted molar refractivity (Wildman–Crippen MR) is 73.1 cm³/mol. The number of rotatable bonds is 8. The minimum Gasteiger partial charge on any atom is -0.481 e. The molecule has 2 amide bonds. The zero-order chi connectivity index (χ0) is 14.3. The van der Waals surface area contributed by atoms with E-state index in [1.54, 1.807) is 0 Å². The summed E-state index contributed by atoms with van der Waals surface area (Å²) in [6.07, 6.45) is 3.88. The summed E-state index contributed by atoms with van der Waals surface area (Å²) in [5.74, 6) is -0.784. The van der Waals surface area contributed by atoms with Gasteiger partial charge in [-0.05, 0) is 45.3 Å². The van der Waals surface area contributed by atoms with Gasteiger partial charge in [0.15, 0.2) is 0 Å². The van der Waals surface area contributed by atoms with Crippen LogP contribution < -0.4 is 10.6 Å². The van der Waals surface area contributed by atoms with Crippen molar-refractivity contribution in [3.8, 4) is 0 Å². The van der Waals surface area contributed by atoms with Gasteiger partial charge in [-0.2, -0.15) is 0 Å². The van der Waals surface area contributed by atoms with E-state index in [4.69, 9.17) is 5.11 Å². The molecule has 0 heterocycles. The van der Waals surface area contributed by atoms with Gasteiger partial charge in [0.25, 0.3) is 0 Å². The highest BCUT2D eigenvalue weighted by Crippen LogP contribution is 2.43. The van der Waals surface area contributed by atoms with Gasteiger partial charge in [-0.1, -0.05) is 6.42 Å². The van der Waals surface area contributed by atoms with Crippen LogP contribution in [0.15, 0.2) is 0 Å². The van der Waals surface area contributed by atoms with Gasteiger partial charge in [0, 0.05) is 13.1 Å². The van der Waals surface area contributed by atoms with Crippen LogP contribution in [0.3, 0.4) is 0 Å². The van der Waals surface area contributed by atoms with E-state index < -0.39 is 5.97 Å². The lowest BCUT2D eigenvalue weighted by Gasteiger charge is -2.40. The Bertz CT molecular complexity index is 314. The molecule has 1 saturated carbocycles. The minimum atomic E-state index is -0.784. The number of nitrogens with zero attached hydrogens (tertiary/aromatic N) is 1. The third-order valence-electron chi connectivity index (χ3n) is 3.63. The number of carbonyl (C=O) groups is 2. The van der Waals surface area contributed by atoms with E-state index in [1.807, 2.05) is 14.1 Å². The topological polar surface area (TPSA) is 81.7 Å². The summed E-state index contributed by atoms with van der Waals surface area (Å²) in [6, 6.07) is -0.199. The highest BCUT2D eigenvalue weighted by atomic mass is 16.4. The average molecular weight is 271 g/mol. The number of carboxylic acids is 1. The number of carbonyl (C=O) groups excluding carboxylic acids is 1. The quantitative estimate of drug-likeness (QED) is 0.572. The maximum atomic E-state index is 11.6. The number of carboxylic acid groups (broad SMARTS) is 1. The second kappa shape index (κ2) is 7.33. The Hall–Kier alpha value is -1.30. The number of nitrogens with one attached hydrogen (secondary N) is 2. The van der Waals surface area contributed by atoms with Gasteiger partial charge in [-0.3, -0.25) is 4.79 Å². The van der Waals surface area contributed by atoms with Crippen molar-refractivity contribution in [2.45, 2.75) is 32.1 Å². The summed E-state index contributed by atoms with van der Waals surface area (Å²) >= 11 is 0. The van der Waals surface area contributed by atoms with E-state index in [1.165, 1.54) is 0 Å². The van der Waals surface area contributed by atoms with Gasteiger partial charge in [-0.15, -0.1) is 0 Å². The van der Waals surface area contributed by atoms with Gasteiger partial charge in [0.2, 0.25) is 0 Å². The number of hydrogen-bond acceptors (Lipinski definition) is 3. The largest absolute Gasteiger partial charge is 0.481 e. The Labute approximate surface area is 114 Å². The number of urea groups is 1. The Balaban J connectivity index is 2.16. The molecule has 0 atom stereocenters. The second-order valence-electron chi connectivity index (χ2n) is 5.69. The van der Waals surface area contributed by atoms with E-state index in [-0.39, 0.29) is 17.9 Å². The van der Waals surface area contributed by atoms with Crippen LogP contribution in [-0.2, 0) is 4.79 Å². The molecular formula is C13H25N3O3. The Morgan fingerprint density at radius 1 is 1.26 bits per heavy atom. The monoisotopic (exact) mass is 271 g/mol. The molecule has 0 aromatic carbocycles. The van der Waals surface area contributed by atoms with E-state index >= 15 is 0 Å². The molecule has 6 heteroatoms. The smallest absolute Gasteiger partial charge is 0.314 e. The van der Waals surface area contributed by atoms with E-state index in [0.717, 1.165) is 32.2 Å². The van der Waals surface area contributed by atoms with Crippen LogP contribution in [0, 0.1) is 5.41 Å². The molecule has 0 aromatic heterocycles. The van der Waals surface area contributed by atoms with Crippen molar-refractivity contribution in [1.82, 2.24) is 15.5 Å². The van der Waals surface area contributed by atoms with Crippen LogP contribution in [0.4, 0.5) is 4.79 Å². The first-order valence-corrected chi connectivity index (χ1v) is 6.82. The molecule has 1 aliphatic carbocycles. The summed E-state index contributed by atoms with van der Waals surface area (Å²) in [6.45, 7) is 2.03. The molecule has 19 heavy (non-hydrogen) atoms. The van der Waals surface area contributed by atoms with Crippen LogP contribution in [0.2, 0.25) is 0 Å². The zero-order valence-corrected chi connectivity index (χ0v) is 11.9. The predicted octanol–water partition coefficient (Wildman–Crippen LogP) is 0.882. The molecule has 0 saturated heterocycles. The van der Waals surface area contributed by atoms with Crippen molar-refractivity contribution < 1.29 is 14.7 Å². The van der Waals surface area contributed by atoms with Crippen molar-refractivity contribution in [2.24, 2.45) is 5.41 Å². The fourth-order valence-electron chi connectivity index (χ4n) is 2.34. The third kappa shape index (κ3) is 5.92. The maximum absolute atomic E-state index is 11.6. The van der Waals surface area contributed by atoms with Gasteiger partial charge in [-0.25, -0.2) is 4.79 Å². The highest BCUT2D eigenvalue weighted by molar-refractivity contribution is 5.74. The molecule has 6 nitrogen and oxygen atoms in total. The van der Waals surface area contributed by atoms with Crippen LogP contribution >= 0.6 is 0 Å². The van der Waals surface area contributed by atoms with Gasteiger partial charge in [0.1, 0.15) is 0 Å². The summed E-state index contributed by atoms with van der Waals surface area (Å²) in [5, 5.41) is 14.5. The lowest BCUT2D eigenvalue weighted by Crippen LogP contribution is -2.46. The van der Waals surface area contributed by atoms with Crippen LogP contribution in [0.25, 0.3) is 0 Å². The minimum absolute atomic E-state index is 0.147. The molecule has 1 aliphatic rings. The number of hydrogen-bond donors (Lipinski definition) is 3. The molecule has 0 bridgehead atoms. The van der Waals surface area contributed by atoms with E-state index in [0.29, 0.717) is 13.1 Å². The summed E-state index contributed by atoms with van der Waals surface area (Å²) in [4.78, 5) is 24.4. The molecule has 110 valence electrons. The van der Waals surface area contributed by atoms with Crippen molar-refractivity contribution in [3.05, 3.63) is 0 Å². The summed E-state index contributed by atoms with van der Waals surface area (Å²) in [7, 11) is 3.98. The summed E-state index contributed by atoms with van der Waals surface area (Å²) < 4.78 is 0. The van der Waals surface area contributed by atoms with Crippen molar-refractivity contribution in [3.63, 3.8) is 0 Å². The van der Waals surface area contributed by atoms with Gasteiger partial charge >= 0.3 is 12.0 Å². The van der Waals surface area contributed by atoms with E-state index in [9.17, 15) is 9.59 Å². The molecule has 0 aromatic rings. The molecular weight excluding hydrogens is 246 g/mol. The molecule has 0 aliphatic heterocycles. The first-order chi connectivity index (χ1) is 8.93. The molecule has 0 radical (unpaired) electrons. The second-order valence-corrected chi connectivity index (χ2v) is 5.69. The molecule has 3 N–H and O–H groups in total. The SMILES string of the molecule is CN(C)CCCNC(=O)NCC1(CC(=O)O)CCC1. The van der Waals surface area contributed by atoms with Crippen molar-refractivity contribution >= 4 is 12.0 Å².